The molecule has 2 aromatic carbocycles. The fourth-order valence-electron chi connectivity index (χ4n) is 2.21. The van der Waals surface area contributed by atoms with E-state index in [1.165, 1.54) is 16.8 Å². The van der Waals surface area contributed by atoms with Gasteiger partial charge in [-0.2, -0.15) is 14.9 Å². The van der Waals surface area contributed by atoms with Gasteiger partial charge in [-0.15, -0.1) is 0 Å². The van der Waals surface area contributed by atoms with Crippen molar-refractivity contribution in [2.75, 3.05) is 0 Å². The molecule has 3 aromatic rings. The van der Waals surface area contributed by atoms with Crippen LogP contribution in [0.3, 0.4) is 0 Å². The second-order valence-electron chi connectivity index (χ2n) is 5.02. The van der Waals surface area contributed by atoms with Gasteiger partial charge in [0, 0.05) is 23.3 Å². The lowest BCUT2D eigenvalue weighted by molar-refractivity contribution is -0.384. The Kier molecular flexibility index (Phi) is 4.30. The average molecular weight is 339 g/mol. The molecule has 120 valence electrons. The van der Waals surface area contributed by atoms with E-state index in [9.17, 15) is 10.1 Å². The topological polar surface area (TPSA) is 89.1 Å². The van der Waals surface area contributed by atoms with Crippen LogP contribution in [0.25, 0.3) is 11.4 Å². The van der Waals surface area contributed by atoms with Crippen LogP contribution in [0.2, 0.25) is 0 Å². The number of aromatic nitrogens is 3. The van der Waals surface area contributed by atoms with Crippen molar-refractivity contribution in [3.8, 4) is 11.4 Å². The number of non-ortho nitro benzene ring substituents is 1. The number of nitrogens with one attached hydrogen (secondary N) is 1. The molecule has 8 heteroatoms. The summed E-state index contributed by atoms with van der Waals surface area (Å²) in [4.78, 5) is 10.5. The molecule has 0 bridgehead atoms. The lowest BCUT2D eigenvalue weighted by Gasteiger charge is -2.04. The minimum atomic E-state index is -0.435. The maximum atomic E-state index is 10.9. The number of benzene rings is 2. The molecule has 3 rings (SSSR count). The summed E-state index contributed by atoms with van der Waals surface area (Å²) in [6.45, 7) is 1.77. The zero-order valence-electron chi connectivity index (χ0n) is 12.7. The minimum Gasteiger partial charge on any atom is -0.258 e. The fraction of sp³-hybridized carbons (Fsp3) is 0.0625. The second kappa shape index (κ2) is 6.55. The van der Waals surface area contributed by atoms with Crippen molar-refractivity contribution in [3.05, 3.63) is 75.0 Å². The van der Waals surface area contributed by atoms with Gasteiger partial charge in [0.2, 0.25) is 4.77 Å². The van der Waals surface area contributed by atoms with E-state index in [0.717, 1.165) is 5.56 Å². The van der Waals surface area contributed by atoms with E-state index >= 15 is 0 Å². The standard InChI is InChI=1S/C16H13N5O2S/c1-11(13-8-5-9-14(10-13)21(22)23)19-20-15(17-18-16(20)24)12-6-3-2-4-7-12/h2-10H,1H3,(H,18,24)/b19-11+. The fourth-order valence-corrected chi connectivity index (χ4v) is 2.38. The normalized spacial score (nSPS) is 11.5. The summed E-state index contributed by atoms with van der Waals surface area (Å²) in [5, 5.41) is 22.3. The molecular formula is C16H13N5O2S. The number of aromatic amines is 1. The quantitative estimate of drug-likeness (QED) is 0.339. The van der Waals surface area contributed by atoms with Crippen LogP contribution in [0.15, 0.2) is 59.7 Å². The lowest BCUT2D eigenvalue weighted by Crippen LogP contribution is -2.02. The van der Waals surface area contributed by atoms with Crippen molar-refractivity contribution in [3.63, 3.8) is 0 Å². The highest BCUT2D eigenvalue weighted by molar-refractivity contribution is 7.71. The number of rotatable bonds is 4. The van der Waals surface area contributed by atoms with Crippen LogP contribution in [0.1, 0.15) is 12.5 Å². The summed E-state index contributed by atoms with van der Waals surface area (Å²) < 4.78 is 1.86. The molecule has 7 nitrogen and oxygen atoms in total. The molecule has 0 fully saturated rings. The third-order valence-electron chi connectivity index (χ3n) is 3.41. The lowest BCUT2D eigenvalue weighted by atomic mass is 10.1. The number of nitrogens with zero attached hydrogens (tertiary/aromatic N) is 4. The van der Waals surface area contributed by atoms with Crippen molar-refractivity contribution in [2.24, 2.45) is 5.10 Å². The molecule has 0 saturated carbocycles. The first kappa shape index (κ1) is 15.8. The molecule has 0 atom stereocenters. The second-order valence-corrected chi connectivity index (χ2v) is 5.41. The average Bonchev–Trinajstić information content (AvgIpc) is 2.96. The zero-order valence-corrected chi connectivity index (χ0v) is 13.5. The van der Waals surface area contributed by atoms with Gasteiger partial charge in [0.1, 0.15) is 0 Å². The summed E-state index contributed by atoms with van der Waals surface area (Å²) in [6.07, 6.45) is 0. The largest absolute Gasteiger partial charge is 0.270 e. The van der Waals surface area contributed by atoms with E-state index in [2.05, 4.69) is 15.3 Å². The highest BCUT2D eigenvalue weighted by atomic mass is 32.1. The van der Waals surface area contributed by atoms with Crippen molar-refractivity contribution < 1.29 is 4.92 Å². The van der Waals surface area contributed by atoms with Gasteiger partial charge in [-0.05, 0) is 19.1 Å². The van der Waals surface area contributed by atoms with Gasteiger partial charge in [-0.1, -0.05) is 42.5 Å². The molecule has 1 N–H and O–H groups in total. The maximum absolute atomic E-state index is 10.9. The molecule has 0 amide bonds. The maximum Gasteiger partial charge on any atom is 0.270 e. The molecular weight excluding hydrogens is 326 g/mol. The van der Waals surface area contributed by atoms with Crippen LogP contribution in [0.4, 0.5) is 5.69 Å². The molecule has 0 unspecified atom stereocenters. The molecule has 0 aliphatic carbocycles. The van der Waals surface area contributed by atoms with Gasteiger partial charge in [0.05, 0.1) is 10.6 Å². The highest BCUT2D eigenvalue weighted by Gasteiger charge is 2.11. The summed E-state index contributed by atoms with van der Waals surface area (Å²) in [6, 6.07) is 15.8. The summed E-state index contributed by atoms with van der Waals surface area (Å²) in [7, 11) is 0. The molecule has 24 heavy (non-hydrogen) atoms. The van der Waals surface area contributed by atoms with Gasteiger partial charge in [0.25, 0.3) is 5.69 Å². The highest BCUT2D eigenvalue weighted by Crippen LogP contribution is 2.18. The smallest absolute Gasteiger partial charge is 0.258 e. The summed E-state index contributed by atoms with van der Waals surface area (Å²) in [5.41, 5.74) is 2.11. The van der Waals surface area contributed by atoms with Crippen molar-refractivity contribution in [1.29, 1.82) is 0 Å². The van der Waals surface area contributed by atoms with E-state index in [1.807, 2.05) is 30.3 Å². The van der Waals surface area contributed by atoms with Gasteiger partial charge in [-0.3, -0.25) is 10.1 Å². The Morgan fingerprint density at radius 2 is 2.00 bits per heavy atom. The number of nitro groups is 1. The minimum absolute atomic E-state index is 0.0149. The van der Waals surface area contributed by atoms with Gasteiger partial charge in [-0.25, -0.2) is 5.10 Å². The third-order valence-corrected chi connectivity index (χ3v) is 3.67. The van der Waals surface area contributed by atoms with Crippen molar-refractivity contribution >= 4 is 23.6 Å². The number of hydrogen-bond donors (Lipinski definition) is 1. The Morgan fingerprint density at radius 3 is 2.71 bits per heavy atom. The molecule has 1 heterocycles. The zero-order chi connectivity index (χ0) is 17.1. The molecule has 1 aromatic heterocycles. The number of H-pyrrole nitrogens is 1. The Morgan fingerprint density at radius 1 is 1.25 bits per heavy atom. The van der Waals surface area contributed by atoms with Crippen LogP contribution in [0, 0.1) is 14.9 Å². The molecule has 0 radical (unpaired) electrons. The molecule has 0 spiro atoms. The van der Waals surface area contributed by atoms with E-state index < -0.39 is 4.92 Å². The van der Waals surface area contributed by atoms with E-state index in [0.29, 0.717) is 21.9 Å². The summed E-state index contributed by atoms with van der Waals surface area (Å²) in [5.74, 6) is 0.574. The first-order chi connectivity index (χ1) is 11.6. The van der Waals surface area contributed by atoms with Gasteiger partial charge < -0.3 is 0 Å². The summed E-state index contributed by atoms with van der Waals surface area (Å²) >= 11 is 5.24. The predicted octanol–water partition coefficient (Wildman–Crippen LogP) is 3.79. The molecule has 0 saturated heterocycles. The Balaban J connectivity index is 2.06. The van der Waals surface area contributed by atoms with Gasteiger partial charge in [0.15, 0.2) is 5.82 Å². The Hall–Kier alpha value is -3.13. The number of hydrogen-bond acceptors (Lipinski definition) is 5. The first-order valence-corrected chi connectivity index (χ1v) is 7.50. The van der Waals surface area contributed by atoms with E-state index in [1.54, 1.807) is 19.1 Å². The van der Waals surface area contributed by atoms with Crippen LogP contribution >= 0.6 is 12.2 Å². The molecule has 0 aliphatic rings. The third kappa shape index (κ3) is 3.13. The predicted molar refractivity (Wildman–Crippen MR) is 93.6 cm³/mol. The van der Waals surface area contributed by atoms with Crippen LogP contribution < -0.4 is 0 Å². The van der Waals surface area contributed by atoms with Crippen LogP contribution in [-0.4, -0.2) is 25.5 Å². The van der Waals surface area contributed by atoms with Crippen molar-refractivity contribution in [2.45, 2.75) is 6.92 Å². The monoisotopic (exact) mass is 339 g/mol. The van der Waals surface area contributed by atoms with E-state index in [4.69, 9.17) is 12.2 Å². The SMILES string of the molecule is C/C(=N\n1c(-c2ccccc2)n[nH]c1=S)c1cccc([N+](=O)[O-])c1. The molecule has 0 aliphatic heterocycles. The van der Waals surface area contributed by atoms with E-state index in [-0.39, 0.29) is 5.69 Å². The van der Waals surface area contributed by atoms with Crippen LogP contribution in [0.5, 0.6) is 0 Å². The number of nitro benzene ring substituents is 1. The Bertz CT molecular complexity index is 975. The van der Waals surface area contributed by atoms with Crippen LogP contribution in [-0.2, 0) is 0 Å². The Labute approximate surface area is 142 Å². The van der Waals surface area contributed by atoms with Gasteiger partial charge >= 0.3 is 0 Å². The van der Waals surface area contributed by atoms with Crippen molar-refractivity contribution in [1.82, 2.24) is 14.9 Å². The first-order valence-electron chi connectivity index (χ1n) is 7.09.